The van der Waals surface area contributed by atoms with Crippen LogP contribution in [0.4, 0.5) is 8.78 Å². The molecule has 3 aromatic rings. The van der Waals surface area contributed by atoms with E-state index in [0.29, 0.717) is 11.2 Å². The van der Waals surface area contributed by atoms with Crippen molar-refractivity contribution in [3.05, 3.63) is 46.6 Å². The fourth-order valence-corrected chi connectivity index (χ4v) is 1.97. The molecule has 0 fully saturated rings. The Kier molecular flexibility index (Phi) is 2.71. The molecule has 2 heterocycles. The molecule has 0 radical (unpaired) electrons. The Labute approximate surface area is 112 Å². The molecule has 0 bridgehead atoms. The van der Waals surface area contributed by atoms with Crippen LogP contribution in [-0.2, 0) is 0 Å². The van der Waals surface area contributed by atoms with Crippen LogP contribution in [0.3, 0.4) is 0 Å². The summed E-state index contributed by atoms with van der Waals surface area (Å²) in [5.41, 5.74) is 1.95. The second-order valence-electron chi connectivity index (χ2n) is 4.16. The zero-order valence-corrected chi connectivity index (χ0v) is 10.6. The monoisotopic (exact) mass is 279 g/mol. The van der Waals surface area contributed by atoms with Gasteiger partial charge in [-0.2, -0.15) is 0 Å². The molecular formula is C13H8ClF2N3. The highest BCUT2D eigenvalue weighted by atomic mass is 35.5. The molecule has 3 rings (SSSR count). The predicted molar refractivity (Wildman–Crippen MR) is 69.0 cm³/mol. The van der Waals surface area contributed by atoms with Crippen molar-refractivity contribution in [1.82, 2.24) is 15.0 Å². The number of H-pyrrole nitrogens is 1. The van der Waals surface area contributed by atoms with Crippen LogP contribution in [-0.4, -0.2) is 15.0 Å². The Morgan fingerprint density at radius 1 is 1.11 bits per heavy atom. The van der Waals surface area contributed by atoms with E-state index in [-0.39, 0.29) is 16.4 Å². The van der Waals surface area contributed by atoms with E-state index in [1.807, 2.05) is 13.0 Å². The first kappa shape index (κ1) is 12.0. The van der Waals surface area contributed by atoms with E-state index in [0.717, 1.165) is 17.8 Å². The molecule has 0 spiro atoms. The van der Waals surface area contributed by atoms with Gasteiger partial charge in [0.2, 0.25) is 0 Å². The van der Waals surface area contributed by atoms with Crippen molar-refractivity contribution in [2.75, 3.05) is 0 Å². The van der Waals surface area contributed by atoms with E-state index >= 15 is 0 Å². The smallest absolute Gasteiger partial charge is 0.178 e. The summed E-state index contributed by atoms with van der Waals surface area (Å²) in [4.78, 5) is 11.3. The van der Waals surface area contributed by atoms with Crippen molar-refractivity contribution in [3.8, 4) is 11.4 Å². The van der Waals surface area contributed by atoms with E-state index in [4.69, 9.17) is 11.6 Å². The molecule has 0 amide bonds. The van der Waals surface area contributed by atoms with Gasteiger partial charge in [-0.3, -0.25) is 0 Å². The Hall–Kier alpha value is -2.01. The Balaban J connectivity index is 2.21. The number of hydrogen-bond donors (Lipinski definition) is 1. The zero-order valence-electron chi connectivity index (χ0n) is 9.84. The lowest BCUT2D eigenvalue weighted by Crippen LogP contribution is -1.89. The third kappa shape index (κ3) is 2.06. The summed E-state index contributed by atoms with van der Waals surface area (Å²) in [6.07, 6.45) is 0. The number of pyridine rings is 1. The standard InChI is InChI=1S/C13H8ClF2N3/c1-6-2-3-11-13(17-6)19-12(18-11)7-4-10(16)8(14)5-9(7)15/h2-5H,1H3,(H,17,18,19). The highest BCUT2D eigenvalue weighted by Crippen LogP contribution is 2.27. The number of aryl methyl sites for hydroxylation is 1. The first-order chi connectivity index (χ1) is 9.04. The van der Waals surface area contributed by atoms with Crippen LogP contribution in [0.1, 0.15) is 5.69 Å². The van der Waals surface area contributed by atoms with Gasteiger partial charge in [0.15, 0.2) is 5.65 Å². The molecule has 1 N–H and O–H groups in total. The van der Waals surface area contributed by atoms with Gasteiger partial charge in [-0.1, -0.05) is 11.6 Å². The average molecular weight is 280 g/mol. The summed E-state index contributed by atoms with van der Waals surface area (Å²) < 4.78 is 27.2. The molecule has 0 unspecified atom stereocenters. The molecule has 0 saturated carbocycles. The van der Waals surface area contributed by atoms with Crippen molar-refractivity contribution in [2.45, 2.75) is 6.92 Å². The van der Waals surface area contributed by atoms with Crippen molar-refractivity contribution in [3.63, 3.8) is 0 Å². The largest absolute Gasteiger partial charge is 0.336 e. The molecular weight excluding hydrogens is 272 g/mol. The molecule has 0 aliphatic rings. The summed E-state index contributed by atoms with van der Waals surface area (Å²) in [5.74, 6) is -1.11. The van der Waals surface area contributed by atoms with E-state index in [9.17, 15) is 8.78 Å². The van der Waals surface area contributed by atoms with Gasteiger partial charge < -0.3 is 4.98 Å². The lowest BCUT2D eigenvalue weighted by molar-refractivity contribution is 0.602. The minimum atomic E-state index is -0.692. The maximum absolute atomic E-state index is 13.8. The molecule has 3 nitrogen and oxygen atoms in total. The SMILES string of the molecule is Cc1ccc2[nH]c(-c3cc(F)c(Cl)cc3F)nc2n1. The molecule has 0 saturated heterocycles. The number of imidazole rings is 1. The third-order valence-electron chi connectivity index (χ3n) is 2.75. The summed E-state index contributed by atoms with van der Waals surface area (Å²) in [6, 6.07) is 5.54. The molecule has 96 valence electrons. The maximum Gasteiger partial charge on any atom is 0.178 e. The van der Waals surface area contributed by atoms with E-state index in [1.165, 1.54) is 0 Å². The minimum absolute atomic E-state index is 0.0255. The van der Waals surface area contributed by atoms with Gasteiger partial charge in [-0.25, -0.2) is 18.7 Å². The van der Waals surface area contributed by atoms with Gasteiger partial charge in [0.25, 0.3) is 0 Å². The van der Waals surface area contributed by atoms with Crippen molar-refractivity contribution >= 4 is 22.8 Å². The predicted octanol–water partition coefficient (Wildman–Crippen LogP) is 3.86. The zero-order chi connectivity index (χ0) is 13.6. The van der Waals surface area contributed by atoms with Gasteiger partial charge >= 0.3 is 0 Å². The summed E-state index contributed by atoms with van der Waals surface area (Å²) >= 11 is 5.51. The Morgan fingerprint density at radius 3 is 2.68 bits per heavy atom. The Morgan fingerprint density at radius 2 is 1.89 bits per heavy atom. The van der Waals surface area contributed by atoms with Crippen molar-refractivity contribution in [2.24, 2.45) is 0 Å². The number of nitrogens with one attached hydrogen (secondary N) is 1. The molecule has 0 aliphatic heterocycles. The van der Waals surface area contributed by atoms with Crippen LogP contribution < -0.4 is 0 Å². The lowest BCUT2D eigenvalue weighted by Gasteiger charge is -2.01. The fraction of sp³-hybridized carbons (Fsp3) is 0.0769. The molecule has 19 heavy (non-hydrogen) atoms. The molecule has 1 aromatic carbocycles. The molecule has 2 aromatic heterocycles. The van der Waals surface area contributed by atoms with Gasteiger partial charge in [-0.05, 0) is 31.2 Å². The third-order valence-corrected chi connectivity index (χ3v) is 3.04. The number of halogens is 3. The lowest BCUT2D eigenvalue weighted by atomic mass is 10.2. The summed E-state index contributed by atoms with van der Waals surface area (Å²) in [7, 11) is 0. The van der Waals surface area contributed by atoms with Crippen LogP contribution in [0.25, 0.3) is 22.6 Å². The van der Waals surface area contributed by atoms with Crippen molar-refractivity contribution in [1.29, 1.82) is 0 Å². The Bertz CT molecular complexity index is 783. The summed E-state index contributed by atoms with van der Waals surface area (Å²) in [5, 5.41) is -0.258. The first-order valence-corrected chi connectivity index (χ1v) is 5.90. The summed E-state index contributed by atoms with van der Waals surface area (Å²) in [6.45, 7) is 1.83. The number of nitrogens with zero attached hydrogens (tertiary/aromatic N) is 2. The molecule has 0 atom stereocenters. The normalized spacial score (nSPS) is 11.2. The van der Waals surface area contributed by atoms with E-state index < -0.39 is 11.6 Å². The first-order valence-electron chi connectivity index (χ1n) is 5.53. The van der Waals surface area contributed by atoms with E-state index in [2.05, 4.69) is 15.0 Å². The maximum atomic E-state index is 13.8. The second kappa shape index (κ2) is 4.28. The highest BCUT2D eigenvalue weighted by Gasteiger charge is 2.14. The minimum Gasteiger partial charge on any atom is -0.336 e. The number of aromatic amines is 1. The number of fused-ring (bicyclic) bond motifs is 1. The van der Waals surface area contributed by atoms with Crippen LogP contribution in [0.2, 0.25) is 5.02 Å². The number of benzene rings is 1. The van der Waals surface area contributed by atoms with E-state index in [1.54, 1.807) is 6.07 Å². The van der Waals surface area contributed by atoms with Crippen LogP contribution >= 0.6 is 11.6 Å². The second-order valence-corrected chi connectivity index (χ2v) is 4.56. The number of aromatic nitrogens is 3. The molecule has 6 heteroatoms. The number of rotatable bonds is 1. The number of hydrogen-bond acceptors (Lipinski definition) is 2. The van der Waals surface area contributed by atoms with Crippen LogP contribution in [0.15, 0.2) is 24.3 Å². The quantitative estimate of drug-likeness (QED) is 0.687. The fourth-order valence-electron chi connectivity index (χ4n) is 1.82. The highest BCUT2D eigenvalue weighted by molar-refractivity contribution is 6.30. The van der Waals surface area contributed by atoms with Crippen LogP contribution in [0, 0.1) is 18.6 Å². The van der Waals surface area contributed by atoms with Crippen molar-refractivity contribution < 1.29 is 8.78 Å². The van der Waals surface area contributed by atoms with Gasteiger partial charge in [0.1, 0.15) is 17.5 Å². The van der Waals surface area contributed by atoms with Gasteiger partial charge in [0, 0.05) is 5.69 Å². The topological polar surface area (TPSA) is 41.6 Å². The van der Waals surface area contributed by atoms with Gasteiger partial charge in [-0.15, -0.1) is 0 Å². The van der Waals surface area contributed by atoms with Crippen LogP contribution in [0.5, 0.6) is 0 Å². The average Bonchev–Trinajstić information content (AvgIpc) is 2.76. The van der Waals surface area contributed by atoms with Gasteiger partial charge in [0.05, 0.1) is 16.1 Å². The molecule has 0 aliphatic carbocycles.